The third kappa shape index (κ3) is 3.19. The van der Waals surface area contributed by atoms with Gasteiger partial charge in [0, 0.05) is 16.6 Å². The summed E-state index contributed by atoms with van der Waals surface area (Å²) in [5, 5.41) is 8.08. The fraction of sp³-hybridized carbons (Fsp3) is 0.471. The van der Waals surface area contributed by atoms with Gasteiger partial charge in [0.1, 0.15) is 5.82 Å². The van der Waals surface area contributed by atoms with E-state index in [1.807, 2.05) is 10.9 Å². The predicted molar refractivity (Wildman–Crippen MR) is 91.5 cm³/mol. The molecule has 5 heteroatoms. The van der Waals surface area contributed by atoms with E-state index in [1.165, 1.54) is 25.0 Å². The first-order valence-electron chi connectivity index (χ1n) is 7.64. The molecule has 0 radical (unpaired) electrons. The number of nitrogens with zero attached hydrogens (tertiary/aromatic N) is 2. The number of anilines is 1. The SMILES string of the molecule is CC(C)(C)n1ncc(NCC2CC2)c1-c1ccc(F)cc1Br. The summed E-state index contributed by atoms with van der Waals surface area (Å²) in [4.78, 5) is 0. The van der Waals surface area contributed by atoms with Gasteiger partial charge in [0.15, 0.2) is 0 Å². The van der Waals surface area contributed by atoms with Crippen molar-refractivity contribution < 1.29 is 4.39 Å². The summed E-state index contributed by atoms with van der Waals surface area (Å²) >= 11 is 3.49. The molecule has 0 amide bonds. The average molecular weight is 366 g/mol. The maximum absolute atomic E-state index is 13.4. The molecule has 0 bridgehead atoms. The van der Waals surface area contributed by atoms with Crippen molar-refractivity contribution >= 4 is 21.6 Å². The van der Waals surface area contributed by atoms with Gasteiger partial charge >= 0.3 is 0 Å². The molecule has 2 aromatic rings. The molecule has 1 aromatic carbocycles. The van der Waals surface area contributed by atoms with Crippen LogP contribution in [-0.2, 0) is 5.54 Å². The molecule has 0 spiro atoms. The Morgan fingerprint density at radius 2 is 2.09 bits per heavy atom. The van der Waals surface area contributed by atoms with Gasteiger partial charge in [-0.1, -0.05) is 0 Å². The van der Waals surface area contributed by atoms with Crippen LogP contribution in [0.4, 0.5) is 10.1 Å². The van der Waals surface area contributed by atoms with Crippen LogP contribution in [0.1, 0.15) is 33.6 Å². The van der Waals surface area contributed by atoms with Crippen molar-refractivity contribution in [3.63, 3.8) is 0 Å². The second kappa shape index (κ2) is 5.69. The molecule has 0 atom stereocenters. The van der Waals surface area contributed by atoms with Crippen LogP contribution >= 0.6 is 15.9 Å². The minimum absolute atomic E-state index is 0.150. The van der Waals surface area contributed by atoms with Crippen LogP contribution in [0.15, 0.2) is 28.9 Å². The largest absolute Gasteiger partial charge is 0.382 e. The van der Waals surface area contributed by atoms with E-state index >= 15 is 0 Å². The van der Waals surface area contributed by atoms with Gasteiger partial charge in [0.05, 0.1) is 23.1 Å². The Kier molecular flexibility index (Phi) is 4.02. The standard InChI is InChI=1S/C17H21BrFN3/c1-17(2,3)22-16(13-7-6-12(19)8-14(13)18)15(10-21-22)20-9-11-4-5-11/h6-8,10-11,20H,4-5,9H2,1-3H3. The highest BCUT2D eigenvalue weighted by Gasteiger charge is 2.25. The summed E-state index contributed by atoms with van der Waals surface area (Å²) < 4.78 is 16.2. The summed E-state index contributed by atoms with van der Waals surface area (Å²) in [6.07, 6.45) is 4.48. The molecule has 1 heterocycles. The molecular weight excluding hydrogens is 345 g/mol. The molecule has 0 saturated heterocycles. The first-order valence-corrected chi connectivity index (χ1v) is 8.43. The van der Waals surface area contributed by atoms with Crippen molar-refractivity contribution in [2.45, 2.75) is 39.2 Å². The monoisotopic (exact) mass is 365 g/mol. The van der Waals surface area contributed by atoms with E-state index in [1.54, 1.807) is 6.07 Å². The molecule has 1 aliphatic carbocycles. The van der Waals surface area contributed by atoms with Crippen LogP contribution in [0.2, 0.25) is 0 Å². The van der Waals surface area contributed by atoms with E-state index < -0.39 is 0 Å². The van der Waals surface area contributed by atoms with Crippen LogP contribution in [-0.4, -0.2) is 16.3 Å². The van der Waals surface area contributed by atoms with Crippen LogP contribution in [0.5, 0.6) is 0 Å². The van der Waals surface area contributed by atoms with Gasteiger partial charge < -0.3 is 5.32 Å². The van der Waals surface area contributed by atoms with E-state index in [-0.39, 0.29) is 11.4 Å². The van der Waals surface area contributed by atoms with Crippen molar-refractivity contribution in [1.29, 1.82) is 0 Å². The van der Waals surface area contributed by atoms with E-state index in [2.05, 4.69) is 47.1 Å². The first-order chi connectivity index (χ1) is 10.4. The number of hydrogen-bond acceptors (Lipinski definition) is 2. The second-order valence-electron chi connectivity index (χ2n) is 6.94. The van der Waals surface area contributed by atoms with Crippen LogP contribution in [0.3, 0.4) is 0 Å². The summed E-state index contributed by atoms with van der Waals surface area (Å²) in [6, 6.07) is 4.80. The Balaban J connectivity index is 2.06. The number of nitrogens with one attached hydrogen (secondary N) is 1. The highest BCUT2D eigenvalue weighted by atomic mass is 79.9. The minimum atomic E-state index is -0.245. The predicted octanol–water partition coefficient (Wildman–Crippen LogP) is 5.03. The fourth-order valence-electron chi connectivity index (χ4n) is 2.50. The number of hydrogen-bond donors (Lipinski definition) is 1. The maximum atomic E-state index is 13.4. The Morgan fingerprint density at radius 1 is 1.36 bits per heavy atom. The molecule has 22 heavy (non-hydrogen) atoms. The topological polar surface area (TPSA) is 29.9 Å². The highest BCUT2D eigenvalue weighted by molar-refractivity contribution is 9.10. The number of rotatable bonds is 4. The lowest BCUT2D eigenvalue weighted by atomic mass is 10.1. The summed E-state index contributed by atoms with van der Waals surface area (Å²) in [5.74, 6) is 0.535. The van der Waals surface area contributed by atoms with Crippen molar-refractivity contribution in [1.82, 2.24) is 9.78 Å². The number of benzene rings is 1. The maximum Gasteiger partial charge on any atom is 0.124 e. The minimum Gasteiger partial charge on any atom is -0.382 e. The molecule has 0 unspecified atom stereocenters. The zero-order valence-corrected chi connectivity index (χ0v) is 14.7. The van der Waals surface area contributed by atoms with Gasteiger partial charge in [-0.3, -0.25) is 4.68 Å². The molecule has 1 aromatic heterocycles. The lowest BCUT2D eigenvalue weighted by molar-refractivity contribution is 0.360. The van der Waals surface area contributed by atoms with Crippen molar-refractivity contribution in [3.05, 3.63) is 34.7 Å². The number of aromatic nitrogens is 2. The molecule has 118 valence electrons. The Bertz CT molecular complexity index is 684. The van der Waals surface area contributed by atoms with E-state index in [9.17, 15) is 4.39 Å². The normalized spacial score (nSPS) is 15.1. The van der Waals surface area contributed by atoms with Crippen molar-refractivity contribution in [2.24, 2.45) is 5.92 Å². The first kappa shape index (κ1) is 15.5. The molecule has 1 N–H and O–H groups in total. The molecule has 0 aliphatic heterocycles. The van der Waals surface area contributed by atoms with E-state index in [4.69, 9.17) is 0 Å². The molecule has 1 saturated carbocycles. The van der Waals surface area contributed by atoms with Crippen molar-refractivity contribution in [2.75, 3.05) is 11.9 Å². The lowest BCUT2D eigenvalue weighted by Gasteiger charge is -2.23. The Hall–Kier alpha value is -1.36. The molecule has 3 rings (SSSR count). The van der Waals surface area contributed by atoms with Gasteiger partial charge in [0.2, 0.25) is 0 Å². The molecule has 1 aliphatic rings. The average Bonchev–Trinajstić information content (AvgIpc) is 3.14. The zero-order chi connectivity index (χ0) is 15.9. The summed E-state index contributed by atoms with van der Waals surface area (Å²) in [7, 11) is 0. The number of halogens is 2. The van der Waals surface area contributed by atoms with Crippen LogP contribution in [0, 0.1) is 11.7 Å². The lowest BCUT2D eigenvalue weighted by Crippen LogP contribution is -2.24. The quantitative estimate of drug-likeness (QED) is 0.823. The van der Waals surface area contributed by atoms with Crippen molar-refractivity contribution in [3.8, 4) is 11.3 Å². The fourth-order valence-corrected chi connectivity index (χ4v) is 3.04. The smallest absolute Gasteiger partial charge is 0.124 e. The van der Waals surface area contributed by atoms with Crippen LogP contribution < -0.4 is 5.32 Å². The van der Waals surface area contributed by atoms with E-state index in [0.717, 1.165) is 33.9 Å². The van der Waals surface area contributed by atoms with Gasteiger partial charge in [-0.05, 0) is 73.7 Å². The summed E-state index contributed by atoms with van der Waals surface area (Å²) in [5.41, 5.74) is 2.81. The Morgan fingerprint density at radius 3 is 2.68 bits per heavy atom. The molecular formula is C17H21BrFN3. The summed E-state index contributed by atoms with van der Waals surface area (Å²) in [6.45, 7) is 7.32. The zero-order valence-electron chi connectivity index (χ0n) is 13.2. The van der Waals surface area contributed by atoms with Gasteiger partial charge in [0.25, 0.3) is 0 Å². The third-order valence-electron chi connectivity index (χ3n) is 3.87. The van der Waals surface area contributed by atoms with Gasteiger partial charge in [-0.25, -0.2) is 4.39 Å². The molecule has 3 nitrogen and oxygen atoms in total. The second-order valence-corrected chi connectivity index (χ2v) is 7.79. The van der Waals surface area contributed by atoms with Gasteiger partial charge in [-0.15, -0.1) is 0 Å². The highest BCUT2D eigenvalue weighted by Crippen LogP contribution is 2.38. The Labute approximate surface area is 139 Å². The third-order valence-corrected chi connectivity index (χ3v) is 4.53. The molecule has 1 fully saturated rings. The van der Waals surface area contributed by atoms with Crippen LogP contribution in [0.25, 0.3) is 11.3 Å². The van der Waals surface area contributed by atoms with Gasteiger partial charge in [-0.2, -0.15) is 5.10 Å². The van der Waals surface area contributed by atoms with E-state index in [0.29, 0.717) is 0 Å².